The summed E-state index contributed by atoms with van der Waals surface area (Å²) in [5.41, 5.74) is -0.328. The van der Waals surface area contributed by atoms with Gasteiger partial charge >= 0.3 is 0 Å². The minimum Gasteiger partial charge on any atom is -0.493 e. The highest BCUT2D eigenvalue weighted by atomic mass is 19.1. The van der Waals surface area contributed by atoms with Gasteiger partial charge in [0, 0.05) is 12.1 Å². The number of ether oxygens (including phenoxy) is 1. The molecule has 0 unspecified atom stereocenters. The summed E-state index contributed by atoms with van der Waals surface area (Å²) < 4.78 is 18.2. The van der Waals surface area contributed by atoms with Crippen LogP contribution in [-0.2, 0) is 9.59 Å². The molecule has 0 radical (unpaired) electrons. The Bertz CT molecular complexity index is 524. The van der Waals surface area contributed by atoms with Crippen molar-refractivity contribution in [3.05, 3.63) is 30.1 Å². The average molecular weight is 324 g/mol. The second-order valence-corrected chi connectivity index (χ2v) is 6.26. The molecule has 0 aromatic heterocycles. The Morgan fingerprint density at radius 1 is 1.22 bits per heavy atom. The van der Waals surface area contributed by atoms with Crippen molar-refractivity contribution in [1.82, 2.24) is 10.2 Å². The number of hydrogen-bond donors (Lipinski definition) is 1. The van der Waals surface area contributed by atoms with Crippen molar-refractivity contribution in [1.29, 1.82) is 0 Å². The summed E-state index contributed by atoms with van der Waals surface area (Å²) in [6.07, 6.45) is 0.161. The van der Waals surface area contributed by atoms with Crippen LogP contribution in [0.5, 0.6) is 5.75 Å². The fourth-order valence-electron chi connectivity index (χ4n) is 1.95. The molecular weight excluding hydrogens is 299 g/mol. The highest BCUT2D eigenvalue weighted by Crippen LogP contribution is 2.11. The molecule has 0 atom stereocenters. The second-order valence-electron chi connectivity index (χ2n) is 6.26. The maximum absolute atomic E-state index is 12.8. The maximum atomic E-state index is 12.8. The van der Waals surface area contributed by atoms with Crippen molar-refractivity contribution in [3.8, 4) is 5.75 Å². The van der Waals surface area contributed by atoms with E-state index in [4.69, 9.17) is 4.74 Å². The van der Waals surface area contributed by atoms with Crippen molar-refractivity contribution >= 4 is 11.8 Å². The number of benzene rings is 1. The van der Waals surface area contributed by atoms with Crippen LogP contribution in [0.4, 0.5) is 4.39 Å². The number of carbonyl (C=O) groups excluding carboxylic acids is 2. The molecule has 1 aromatic carbocycles. The van der Waals surface area contributed by atoms with E-state index in [1.807, 2.05) is 27.7 Å². The van der Waals surface area contributed by atoms with Gasteiger partial charge in [0.2, 0.25) is 11.8 Å². The molecule has 0 spiro atoms. The molecule has 5 nitrogen and oxygen atoms in total. The summed E-state index contributed by atoms with van der Waals surface area (Å²) >= 11 is 0. The number of rotatable bonds is 7. The van der Waals surface area contributed by atoms with Gasteiger partial charge in [-0.05, 0) is 52.0 Å². The predicted octanol–water partition coefficient (Wildman–Crippen LogP) is 2.36. The number of carbonyl (C=O) groups is 2. The van der Waals surface area contributed by atoms with E-state index in [2.05, 4.69) is 5.32 Å². The molecule has 6 heteroatoms. The van der Waals surface area contributed by atoms with Gasteiger partial charge in [-0.2, -0.15) is 0 Å². The monoisotopic (exact) mass is 324 g/mol. The van der Waals surface area contributed by atoms with E-state index >= 15 is 0 Å². The fourth-order valence-corrected chi connectivity index (χ4v) is 1.95. The molecule has 0 bridgehead atoms. The second kappa shape index (κ2) is 8.50. The normalized spacial score (nSPS) is 11.0. The highest BCUT2D eigenvalue weighted by Gasteiger charge is 2.19. The summed E-state index contributed by atoms with van der Waals surface area (Å²) in [5.74, 6) is -0.172. The first kappa shape index (κ1) is 18.9. The summed E-state index contributed by atoms with van der Waals surface area (Å²) in [6.45, 7) is 8.15. The Labute approximate surface area is 136 Å². The number of halogens is 1. The lowest BCUT2D eigenvalue weighted by atomic mass is 10.1. The van der Waals surface area contributed by atoms with E-state index in [0.717, 1.165) is 0 Å². The van der Waals surface area contributed by atoms with Crippen molar-refractivity contribution in [2.24, 2.45) is 0 Å². The van der Waals surface area contributed by atoms with Gasteiger partial charge in [0.05, 0.1) is 19.6 Å². The fraction of sp³-hybridized carbons (Fsp3) is 0.529. The third kappa shape index (κ3) is 7.63. The van der Waals surface area contributed by atoms with Crippen LogP contribution in [-0.4, -0.2) is 41.9 Å². The van der Waals surface area contributed by atoms with Gasteiger partial charge in [-0.1, -0.05) is 0 Å². The Morgan fingerprint density at radius 2 is 1.83 bits per heavy atom. The lowest BCUT2D eigenvalue weighted by molar-refractivity contribution is -0.136. The number of amides is 2. The molecule has 0 heterocycles. The molecule has 0 aliphatic rings. The molecule has 1 N–H and O–H groups in total. The molecule has 23 heavy (non-hydrogen) atoms. The zero-order valence-corrected chi connectivity index (χ0v) is 14.2. The predicted molar refractivity (Wildman–Crippen MR) is 86.7 cm³/mol. The summed E-state index contributed by atoms with van der Waals surface area (Å²) in [6, 6.07) is 5.61. The van der Waals surface area contributed by atoms with E-state index in [1.54, 1.807) is 0 Å². The lowest BCUT2D eigenvalue weighted by Crippen LogP contribution is -2.47. The topological polar surface area (TPSA) is 58.6 Å². The molecule has 2 amide bonds. The minimum absolute atomic E-state index is 0.0309. The molecule has 128 valence electrons. The molecule has 0 saturated heterocycles. The van der Waals surface area contributed by atoms with Crippen LogP contribution >= 0.6 is 0 Å². The zero-order chi connectivity index (χ0) is 17.5. The quantitative estimate of drug-likeness (QED) is 0.837. The van der Waals surface area contributed by atoms with Crippen molar-refractivity contribution < 1.29 is 18.7 Å². The van der Waals surface area contributed by atoms with Crippen molar-refractivity contribution in [2.45, 2.75) is 39.7 Å². The van der Waals surface area contributed by atoms with Gasteiger partial charge in [0.1, 0.15) is 11.6 Å². The van der Waals surface area contributed by atoms with Gasteiger partial charge in [-0.15, -0.1) is 0 Å². The Kier molecular flexibility index (Phi) is 7.00. The van der Waals surface area contributed by atoms with E-state index in [0.29, 0.717) is 12.3 Å². The van der Waals surface area contributed by atoms with E-state index in [9.17, 15) is 14.0 Å². The SMILES string of the molecule is CCN(CC(=O)NC(C)(C)C)C(=O)CCOc1ccc(F)cc1. The number of likely N-dealkylation sites (N-methyl/N-ethyl adjacent to an activating group) is 1. The van der Waals surface area contributed by atoms with E-state index in [-0.39, 0.29) is 42.7 Å². The summed E-state index contributed by atoms with van der Waals surface area (Å²) in [4.78, 5) is 25.5. The molecule has 0 saturated carbocycles. The van der Waals surface area contributed by atoms with E-state index in [1.165, 1.54) is 29.2 Å². The first-order valence-electron chi connectivity index (χ1n) is 7.68. The zero-order valence-electron chi connectivity index (χ0n) is 14.2. The molecule has 1 rings (SSSR count). The Morgan fingerprint density at radius 3 is 2.35 bits per heavy atom. The van der Waals surface area contributed by atoms with Gasteiger partial charge < -0.3 is 15.0 Å². The molecule has 0 aliphatic heterocycles. The van der Waals surface area contributed by atoms with Crippen LogP contribution in [0.15, 0.2) is 24.3 Å². The van der Waals surface area contributed by atoms with Gasteiger partial charge in [0.25, 0.3) is 0 Å². The Hall–Kier alpha value is -2.11. The van der Waals surface area contributed by atoms with Gasteiger partial charge in [-0.3, -0.25) is 9.59 Å². The number of nitrogens with zero attached hydrogens (tertiary/aromatic N) is 1. The molecule has 0 aliphatic carbocycles. The first-order valence-corrected chi connectivity index (χ1v) is 7.68. The van der Waals surface area contributed by atoms with Gasteiger partial charge in [0.15, 0.2) is 0 Å². The molecule has 1 aromatic rings. The smallest absolute Gasteiger partial charge is 0.240 e. The maximum Gasteiger partial charge on any atom is 0.240 e. The standard InChI is InChI=1S/C17H25FN2O3/c1-5-20(12-15(21)19-17(2,3)4)16(22)10-11-23-14-8-6-13(18)7-9-14/h6-9H,5,10-12H2,1-4H3,(H,19,21). The molecule has 0 fully saturated rings. The third-order valence-electron chi connectivity index (χ3n) is 2.98. The van der Waals surface area contributed by atoms with Gasteiger partial charge in [-0.25, -0.2) is 4.39 Å². The minimum atomic E-state index is -0.338. The van der Waals surface area contributed by atoms with Crippen LogP contribution in [0.1, 0.15) is 34.1 Å². The van der Waals surface area contributed by atoms with Crippen LogP contribution < -0.4 is 10.1 Å². The average Bonchev–Trinajstić information content (AvgIpc) is 2.44. The highest BCUT2D eigenvalue weighted by molar-refractivity contribution is 5.85. The summed E-state index contributed by atoms with van der Waals surface area (Å²) in [5, 5.41) is 2.83. The molecular formula is C17H25FN2O3. The number of hydrogen-bond acceptors (Lipinski definition) is 3. The largest absolute Gasteiger partial charge is 0.493 e. The van der Waals surface area contributed by atoms with Crippen LogP contribution in [0.3, 0.4) is 0 Å². The van der Waals surface area contributed by atoms with Crippen LogP contribution in [0, 0.1) is 5.82 Å². The van der Waals surface area contributed by atoms with Crippen LogP contribution in [0.2, 0.25) is 0 Å². The first-order chi connectivity index (χ1) is 10.7. The summed E-state index contributed by atoms with van der Waals surface area (Å²) in [7, 11) is 0. The van der Waals surface area contributed by atoms with E-state index < -0.39 is 0 Å². The lowest BCUT2D eigenvalue weighted by Gasteiger charge is -2.25. The van der Waals surface area contributed by atoms with Crippen molar-refractivity contribution in [3.63, 3.8) is 0 Å². The van der Waals surface area contributed by atoms with Crippen molar-refractivity contribution in [2.75, 3.05) is 19.7 Å². The Balaban J connectivity index is 2.41. The third-order valence-corrected chi connectivity index (χ3v) is 2.98. The number of nitrogens with one attached hydrogen (secondary N) is 1. The van der Waals surface area contributed by atoms with Crippen LogP contribution in [0.25, 0.3) is 0 Å².